The zero-order valence-corrected chi connectivity index (χ0v) is 63.4. The van der Waals surface area contributed by atoms with Crippen molar-refractivity contribution in [3.05, 3.63) is 0 Å². The molecular formula is C75H146O17P2. The summed E-state index contributed by atoms with van der Waals surface area (Å²) in [7, 11) is -9.91. The van der Waals surface area contributed by atoms with E-state index in [1.807, 2.05) is 0 Å². The summed E-state index contributed by atoms with van der Waals surface area (Å²) in [6, 6.07) is 0. The van der Waals surface area contributed by atoms with Crippen molar-refractivity contribution in [3.8, 4) is 0 Å². The normalized spacial score (nSPS) is 14.4. The van der Waals surface area contributed by atoms with Crippen molar-refractivity contribution < 1.29 is 80.2 Å². The molecule has 0 rings (SSSR count). The Morgan fingerprint density at radius 2 is 0.511 bits per heavy atom. The lowest BCUT2D eigenvalue weighted by Crippen LogP contribution is -2.30. The Balaban J connectivity index is 5.26. The van der Waals surface area contributed by atoms with Crippen molar-refractivity contribution in [2.24, 2.45) is 23.7 Å². The number of carbonyl (C=O) groups excluding carboxylic acids is 4. The zero-order chi connectivity index (χ0) is 69.6. The van der Waals surface area contributed by atoms with E-state index in [0.29, 0.717) is 25.7 Å². The first-order chi connectivity index (χ1) is 45.1. The minimum absolute atomic E-state index is 0.106. The number of rotatable bonds is 72. The van der Waals surface area contributed by atoms with Crippen LogP contribution in [0.25, 0.3) is 0 Å². The smallest absolute Gasteiger partial charge is 0.462 e. The fraction of sp³-hybridized carbons (Fsp3) is 0.947. The molecule has 3 unspecified atom stereocenters. The minimum atomic E-state index is -4.96. The molecule has 17 nitrogen and oxygen atoms in total. The molecule has 19 heteroatoms. The highest BCUT2D eigenvalue weighted by Gasteiger charge is 2.30. The van der Waals surface area contributed by atoms with Crippen LogP contribution in [0, 0.1) is 23.7 Å². The molecule has 94 heavy (non-hydrogen) atoms. The minimum Gasteiger partial charge on any atom is -0.462 e. The van der Waals surface area contributed by atoms with Crippen LogP contribution in [0.15, 0.2) is 0 Å². The van der Waals surface area contributed by atoms with Gasteiger partial charge < -0.3 is 33.8 Å². The molecule has 0 spiro atoms. The molecule has 0 aromatic carbocycles. The van der Waals surface area contributed by atoms with Crippen LogP contribution in [0.4, 0.5) is 0 Å². The summed E-state index contributed by atoms with van der Waals surface area (Å²) in [6.45, 7) is 14.2. The van der Waals surface area contributed by atoms with E-state index < -0.39 is 97.5 Å². The summed E-state index contributed by atoms with van der Waals surface area (Å²) >= 11 is 0. The van der Waals surface area contributed by atoms with Gasteiger partial charge in [0.2, 0.25) is 0 Å². The van der Waals surface area contributed by atoms with Crippen molar-refractivity contribution in [2.45, 2.75) is 395 Å². The van der Waals surface area contributed by atoms with E-state index in [-0.39, 0.29) is 25.7 Å². The number of hydrogen-bond donors (Lipinski definition) is 3. The number of ether oxygens (including phenoxy) is 4. The van der Waals surface area contributed by atoms with Gasteiger partial charge in [0.15, 0.2) is 12.2 Å². The van der Waals surface area contributed by atoms with Gasteiger partial charge in [-0.25, -0.2) is 9.13 Å². The average Bonchev–Trinajstić information content (AvgIpc) is 1.20. The van der Waals surface area contributed by atoms with Crippen LogP contribution >= 0.6 is 15.6 Å². The maximum absolute atomic E-state index is 13.1. The SMILES string of the molecule is CCC(C)CCCCCCCCC(=O)OC[C@H](COP(=O)(O)OC[C@H](O)COP(=O)(O)OC[C@@H](COC(=O)CCCCCCCCCCCCCC(C)C)OC(=O)CCCCCCCCCCCCCC(C)C)OC(=O)CCCCCCCCCCCCCCCC(C)C. The van der Waals surface area contributed by atoms with Crippen molar-refractivity contribution in [2.75, 3.05) is 39.6 Å². The predicted molar refractivity (Wildman–Crippen MR) is 381 cm³/mol. The van der Waals surface area contributed by atoms with Crippen LogP contribution in [0.3, 0.4) is 0 Å². The second-order valence-electron chi connectivity index (χ2n) is 28.7. The highest BCUT2D eigenvalue weighted by atomic mass is 31.2. The first kappa shape index (κ1) is 92.1. The molecule has 0 aliphatic carbocycles. The summed E-state index contributed by atoms with van der Waals surface area (Å²) in [5, 5.41) is 10.6. The van der Waals surface area contributed by atoms with Crippen molar-refractivity contribution in [1.82, 2.24) is 0 Å². The van der Waals surface area contributed by atoms with Crippen LogP contribution in [-0.2, 0) is 65.4 Å². The quantitative estimate of drug-likeness (QED) is 0.0222. The summed E-state index contributed by atoms with van der Waals surface area (Å²) in [6.07, 6.45) is 48.5. The Morgan fingerprint density at radius 3 is 0.755 bits per heavy atom. The van der Waals surface area contributed by atoms with Gasteiger partial charge in [-0.3, -0.25) is 37.3 Å². The lowest BCUT2D eigenvalue weighted by Gasteiger charge is -2.21. The van der Waals surface area contributed by atoms with Gasteiger partial charge in [-0.2, -0.15) is 0 Å². The topological polar surface area (TPSA) is 237 Å². The van der Waals surface area contributed by atoms with Gasteiger partial charge in [0.05, 0.1) is 26.4 Å². The van der Waals surface area contributed by atoms with Gasteiger partial charge in [-0.05, 0) is 49.4 Å². The van der Waals surface area contributed by atoms with Crippen LogP contribution in [0.1, 0.15) is 376 Å². The largest absolute Gasteiger partial charge is 0.472 e. The molecule has 0 saturated carbocycles. The van der Waals surface area contributed by atoms with E-state index >= 15 is 0 Å². The molecule has 0 aliphatic rings. The molecule has 6 atom stereocenters. The number of esters is 4. The van der Waals surface area contributed by atoms with Gasteiger partial charge in [0.25, 0.3) is 0 Å². The fourth-order valence-electron chi connectivity index (χ4n) is 11.3. The summed E-state index contributed by atoms with van der Waals surface area (Å²) in [5.41, 5.74) is 0. The summed E-state index contributed by atoms with van der Waals surface area (Å²) in [5.74, 6) is 0.931. The summed E-state index contributed by atoms with van der Waals surface area (Å²) < 4.78 is 68.5. The number of aliphatic hydroxyl groups excluding tert-OH is 1. The fourth-order valence-corrected chi connectivity index (χ4v) is 12.9. The number of unbranched alkanes of at least 4 members (excludes halogenated alkanes) is 37. The molecule has 558 valence electrons. The van der Waals surface area contributed by atoms with E-state index in [1.165, 1.54) is 173 Å². The first-order valence-corrected chi connectivity index (χ1v) is 41.7. The molecule has 0 saturated heterocycles. The molecule has 0 aromatic rings. The highest BCUT2D eigenvalue weighted by molar-refractivity contribution is 7.47. The Kier molecular flexibility index (Phi) is 63.1. The van der Waals surface area contributed by atoms with Gasteiger partial charge in [-0.15, -0.1) is 0 Å². The number of aliphatic hydroxyl groups is 1. The molecule has 0 aromatic heterocycles. The van der Waals surface area contributed by atoms with Crippen molar-refractivity contribution in [3.63, 3.8) is 0 Å². The highest BCUT2D eigenvalue weighted by Crippen LogP contribution is 2.45. The number of phosphoric ester groups is 2. The van der Waals surface area contributed by atoms with E-state index in [4.69, 9.17) is 37.0 Å². The molecule has 0 radical (unpaired) electrons. The molecule has 0 heterocycles. The van der Waals surface area contributed by atoms with Crippen molar-refractivity contribution >= 4 is 39.5 Å². The third-order valence-electron chi connectivity index (χ3n) is 17.7. The average molecular weight is 1380 g/mol. The summed E-state index contributed by atoms with van der Waals surface area (Å²) in [4.78, 5) is 72.8. The second-order valence-corrected chi connectivity index (χ2v) is 31.6. The van der Waals surface area contributed by atoms with E-state index in [1.54, 1.807) is 0 Å². The lowest BCUT2D eigenvalue weighted by atomic mass is 10.00. The Bertz CT molecular complexity index is 1850. The van der Waals surface area contributed by atoms with Gasteiger partial charge >= 0.3 is 39.5 Å². The second kappa shape index (κ2) is 64.4. The molecule has 0 bridgehead atoms. The van der Waals surface area contributed by atoms with Crippen molar-refractivity contribution in [1.29, 1.82) is 0 Å². The van der Waals surface area contributed by atoms with Gasteiger partial charge in [-0.1, -0.05) is 325 Å². The van der Waals surface area contributed by atoms with E-state index in [9.17, 15) is 43.2 Å². The number of phosphoric acid groups is 2. The maximum Gasteiger partial charge on any atom is 0.472 e. The molecule has 0 fully saturated rings. The Morgan fingerprint density at radius 1 is 0.298 bits per heavy atom. The molecule has 0 aliphatic heterocycles. The van der Waals surface area contributed by atoms with Gasteiger partial charge in [0.1, 0.15) is 19.3 Å². The maximum atomic E-state index is 13.1. The Hall–Kier alpha value is -1.94. The zero-order valence-electron chi connectivity index (χ0n) is 61.6. The third-order valence-corrected chi connectivity index (χ3v) is 19.6. The monoisotopic (exact) mass is 1380 g/mol. The predicted octanol–water partition coefficient (Wildman–Crippen LogP) is 21.7. The van der Waals surface area contributed by atoms with E-state index in [0.717, 1.165) is 120 Å². The lowest BCUT2D eigenvalue weighted by molar-refractivity contribution is -0.161. The van der Waals surface area contributed by atoms with E-state index in [2.05, 4.69) is 55.4 Å². The van der Waals surface area contributed by atoms with Crippen LogP contribution in [0.5, 0.6) is 0 Å². The number of hydrogen-bond acceptors (Lipinski definition) is 15. The molecule has 0 amide bonds. The van der Waals surface area contributed by atoms with Crippen LogP contribution in [0.2, 0.25) is 0 Å². The Labute approximate surface area is 575 Å². The first-order valence-electron chi connectivity index (χ1n) is 38.7. The van der Waals surface area contributed by atoms with Crippen LogP contribution < -0.4 is 0 Å². The third kappa shape index (κ3) is 67.3. The molecule has 3 N–H and O–H groups in total. The van der Waals surface area contributed by atoms with Crippen LogP contribution in [-0.4, -0.2) is 96.7 Å². The van der Waals surface area contributed by atoms with Gasteiger partial charge in [0, 0.05) is 25.7 Å². The standard InChI is InChI=1S/C75H146O17P2/c1-9-68(8)54-46-38-33-34-40-48-56-73(78)86-62-71(92-74(79)57-49-41-31-25-18-12-10-11-15-21-27-35-43-51-65(2)3)64-90-94(83,84)88-60-69(76)59-87-93(81,82)89-63-70(91-75(80)58-50-42-32-26-20-14-17-23-29-37-45-53-67(6)7)61-85-72(77)55-47-39-30-24-19-13-16-22-28-36-44-52-66(4)5/h65-71,76H,9-64H2,1-8H3,(H,81,82)(H,83,84)/t68?,69-,70-,71-/m1/s1. The molecular weight excluding hydrogens is 1230 g/mol. The number of carbonyl (C=O) groups is 4.